The minimum atomic E-state index is 0.832. The van der Waals surface area contributed by atoms with Gasteiger partial charge in [0.25, 0.3) is 0 Å². The summed E-state index contributed by atoms with van der Waals surface area (Å²) in [5.74, 6) is 0. The van der Waals surface area contributed by atoms with Crippen LogP contribution >= 0.6 is 22.6 Å². The molecule has 10 heavy (non-hydrogen) atoms. The first-order valence-electron chi connectivity index (χ1n) is 3.58. The quantitative estimate of drug-likeness (QED) is 0.233. The molecule has 0 bridgehead atoms. The lowest BCUT2D eigenvalue weighted by atomic mass is 10.2. The Hall–Kier alpha value is 0.140. The van der Waals surface area contributed by atoms with Gasteiger partial charge in [0.2, 0.25) is 0 Å². The SMILES string of the molecule is O=C/C=C/CCCCCI. The third-order valence-corrected chi connectivity index (χ3v) is 1.98. The van der Waals surface area contributed by atoms with Crippen molar-refractivity contribution in [3.63, 3.8) is 0 Å². The highest BCUT2D eigenvalue weighted by Gasteiger charge is 1.83. The average Bonchev–Trinajstić information content (AvgIpc) is 1.97. The predicted molar refractivity (Wildman–Crippen MR) is 52.6 cm³/mol. The molecule has 0 aromatic rings. The number of hydrogen-bond acceptors (Lipinski definition) is 1. The lowest BCUT2D eigenvalue weighted by Crippen LogP contribution is -1.75. The average molecular weight is 252 g/mol. The van der Waals surface area contributed by atoms with Crippen LogP contribution in [0.4, 0.5) is 0 Å². The number of allylic oxidation sites excluding steroid dienone is 2. The van der Waals surface area contributed by atoms with Gasteiger partial charge in [0, 0.05) is 0 Å². The summed E-state index contributed by atoms with van der Waals surface area (Å²) >= 11 is 2.38. The summed E-state index contributed by atoms with van der Waals surface area (Å²) in [5, 5.41) is 0. The molecule has 0 N–H and O–H groups in total. The highest BCUT2D eigenvalue weighted by molar-refractivity contribution is 14.1. The van der Waals surface area contributed by atoms with E-state index in [2.05, 4.69) is 22.6 Å². The van der Waals surface area contributed by atoms with Gasteiger partial charge in [0.1, 0.15) is 6.29 Å². The molecule has 0 unspecified atom stereocenters. The van der Waals surface area contributed by atoms with Gasteiger partial charge in [-0.2, -0.15) is 0 Å². The summed E-state index contributed by atoms with van der Waals surface area (Å²) in [6, 6.07) is 0. The highest BCUT2D eigenvalue weighted by Crippen LogP contribution is 2.02. The number of carbonyl (C=O) groups excluding carboxylic acids is 1. The number of unbranched alkanes of at least 4 members (excludes halogenated alkanes) is 3. The van der Waals surface area contributed by atoms with Crippen molar-refractivity contribution in [1.29, 1.82) is 0 Å². The molecule has 0 aliphatic carbocycles. The molecule has 1 nitrogen and oxygen atoms in total. The molecule has 0 amide bonds. The van der Waals surface area contributed by atoms with Crippen LogP contribution in [0.1, 0.15) is 25.7 Å². The van der Waals surface area contributed by atoms with Crippen LogP contribution in [-0.2, 0) is 4.79 Å². The van der Waals surface area contributed by atoms with Gasteiger partial charge in [-0.3, -0.25) is 4.79 Å². The topological polar surface area (TPSA) is 17.1 Å². The first kappa shape index (κ1) is 10.1. The molecule has 58 valence electrons. The number of hydrogen-bond donors (Lipinski definition) is 0. The van der Waals surface area contributed by atoms with Crippen molar-refractivity contribution in [3.05, 3.63) is 12.2 Å². The van der Waals surface area contributed by atoms with Crippen LogP contribution in [0.3, 0.4) is 0 Å². The van der Waals surface area contributed by atoms with Crippen LogP contribution < -0.4 is 0 Å². The molecular weight excluding hydrogens is 239 g/mol. The highest BCUT2D eigenvalue weighted by atomic mass is 127. The molecule has 0 spiro atoms. The number of rotatable bonds is 6. The molecule has 0 saturated heterocycles. The second-order valence-electron chi connectivity index (χ2n) is 2.10. The minimum absolute atomic E-state index is 0.832. The fourth-order valence-corrected chi connectivity index (χ4v) is 1.22. The lowest BCUT2D eigenvalue weighted by Gasteiger charge is -1.91. The summed E-state index contributed by atoms with van der Waals surface area (Å²) in [5.41, 5.74) is 0. The summed E-state index contributed by atoms with van der Waals surface area (Å²) < 4.78 is 1.25. The first-order chi connectivity index (χ1) is 4.91. The van der Waals surface area contributed by atoms with E-state index in [1.165, 1.54) is 23.7 Å². The zero-order valence-electron chi connectivity index (χ0n) is 6.05. The molecule has 0 atom stereocenters. The second kappa shape index (κ2) is 9.14. The Morgan fingerprint density at radius 3 is 2.60 bits per heavy atom. The molecule has 0 aromatic carbocycles. The van der Waals surface area contributed by atoms with Crippen LogP contribution in [0.25, 0.3) is 0 Å². The minimum Gasteiger partial charge on any atom is -0.299 e. The van der Waals surface area contributed by atoms with Gasteiger partial charge in [-0.15, -0.1) is 0 Å². The molecule has 0 rings (SSSR count). The molecule has 0 heterocycles. The van der Waals surface area contributed by atoms with E-state index >= 15 is 0 Å². The third-order valence-electron chi connectivity index (χ3n) is 1.22. The van der Waals surface area contributed by atoms with E-state index in [0.717, 1.165) is 12.7 Å². The van der Waals surface area contributed by atoms with Crippen LogP contribution in [0.2, 0.25) is 0 Å². The molecule has 0 aromatic heterocycles. The van der Waals surface area contributed by atoms with Crippen LogP contribution in [0, 0.1) is 0 Å². The maximum absolute atomic E-state index is 9.81. The maximum atomic E-state index is 9.81. The van der Waals surface area contributed by atoms with Crippen molar-refractivity contribution in [3.8, 4) is 0 Å². The van der Waals surface area contributed by atoms with Gasteiger partial charge >= 0.3 is 0 Å². The van der Waals surface area contributed by atoms with Crippen LogP contribution in [0.15, 0.2) is 12.2 Å². The van der Waals surface area contributed by atoms with E-state index < -0.39 is 0 Å². The summed E-state index contributed by atoms with van der Waals surface area (Å²) in [4.78, 5) is 9.81. The number of halogens is 1. The molecule has 0 aliphatic rings. The number of alkyl halides is 1. The molecule has 2 heteroatoms. The predicted octanol–water partition coefficient (Wildman–Crippen LogP) is 2.74. The van der Waals surface area contributed by atoms with Crippen LogP contribution in [-0.4, -0.2) is 10.7 Å². The first-order valence-corrected chi connectivity index (χ1v) is 5.10. The maximum Gasteiger partial charge on any atom is 0.142 e. The van der Waals surface area contributed by atoms with Crippen molar-refractivity contribution in [1.82, 2.24) is 0 Å². The fraction of sp³-hybridized carbons (Fsp3) is 0.625. The Morgan fingerprint density at radius 2 is 2.00 bits per heavy atom. The Bertz CT molecular complexity index is 99.4. The van der Waals surface area contributed by atoms with Gasteiger partial charge < -0.3 is 0 Å². The second-order valence-corrected chi connectivity index (χ2v) is 3.18. The van der Waals surface area contributed by atoms with Crippen molar-refractivity contribution in [2.24, 2.45) is 0 Å². The van der Waals surface area contributed by atoms with Gasteiger partial charge in [0.05, 0.1) is 0 Å². The van der Waals surface area contributed by atoms with Gasteiger partial charge in [-0.05, 0) is 29.8 Å². The smallest absolute Gasteiger partial charge is 0.142 e. The molecule has 0 saturated carbocycles. The Balaban J connectivity index is 2.90. The van der Waals surface area contributed by atoms with E-state index in [-0.39, 0.29) is 0 Å². The van der Waals surface area contributed by atoms with Gasteiger partial charge in [-0.1, -0.05) is 35.1 Å². The van der Waals surface area contributed by atoms with Crippen molar-refractivity contribution < 1.29 is 4.79 Å². The number of aldehydes is 1. The van der Waals surface area contributed by atoms with E-state index in [4.69, 9.17) is 0 Å². The van der Waals surface area contributed by atoms with Crippen molar-refractivity contribution in [2.75, 3.05) is 4.43 Å². The molecule has 0 fully saturated rings. The van der Waals surface area contributed by atoms with E-state index in [1.54, 1.807) is 6.08 Å². The normalized spacial score (nSPS) is 10.5. The standard InChI is InChI=1S/C8H13IO/c9-7-5-3-1-2-4-6-8-10/h4,6,8H,1-3,5,7H2/b6-4+. The Labute approximate surface area is 76.0 Å². The van der Waals surface area contributed by atoms with Gasteiger partial charge in [-0.25, -0.2) is 0 Å². The Morgan fingerprint density at radius 1 is 1.20 bits per heavy atom. The van der Waals surface area contributed by atoms with Crippen molar-refractivity contribution >= 4 is 28.9 Å². The summed E-state index contributed by atoms with van der Waals surface area (Å²) in [6.45, 7) is 0. The Kier molecular flexibility index (Phi) is 9.27. The molecule has 0 radical (unpaired) electrons. The largest absolute Gasteiger partial charge is 0.299 e. The summed E-state index contributed by atoms with van der Waals surface area (Å²) in [6.07, 6.45) is 9.19. The van der Waals surface area contributed by atoms with Crippen molar-refractivity contribution in [2.45, 2.75) is 25.7 Å². The fourth-order valence-electron chi connectivity index (χ4n) is 0.685. The van der Waals surface area contributed by atoms with Crippen LogP contribution in [0.5, 0.6) is 0 Å². The number of carbonyl (C=O) groups is 1. The zero-order valence-corrected chi connectivity index (χ0v) is 8.21. The van der Waals surface area contributed by atoms with E-state index in [0.29, 0.717) is 0 Å². The van der Waals surface area contributed by atoms with Gasteiger partial charge in [0.15, 0.2) is 0 Å². The third kappa shape index (κ3) is 8.14. The monoisotopic (exact) mass is 252 g/mol. The molecule has 0 aliphatic heterocycles. The molecular formula is C8H13IO. The summed E-state index contributed by atoms with van der Waals surface area (Å²) in [7, 11) is 0. The lowest BCUT2D eigenvalue weighted by molar-refractivity contribution is -0.104. The van der Waals surface area contributed by atoms with E-state index in [1.807, 2.05) is 6.08 Å². The van der Waals surface area contributed by atoms with E-state index in [9.17, 15) is 4.79 Å². The zero-order chi connectivity index (χ0) is 7.66.